The lowest BCUT2D eigenvalue weighted by molar-refractivity contribution is -0.142. The molecule has 7 N–H and O–H groups in total. The van der Waals surface area contributed by atoms with Crippen molar-refractivity contribution in [3.8, 4) is 0 Å². The van der Waals surface area contributed by atoms with E-state index < -0.39 is 42.3 Å². The number of carboxylic acid groups (broad SMARTS) is 1. The molecule has 1 fully saturated rings. The van der Waals surface area contributed by atoms with Crippen LogP contribution in [0.5, 0.6) is 0 Å². The van der Waals surface area contributed by atoms with Crippen molar-refractivity contribution in [2.45, 2.75) is 64.1 Å². The number of hydrogen-bond donors (Lipinski definition) is 6. The van der Waals surface area contributed by atoms with E-state index in [4.69, 9.17) is 10.8 Å². The fraction of sp³-hybridized carbons (Fsp3) is 0.722. The minimum Gasteiger partial charge on any atom is -0.480 e. The molecule has 1 aliphatic rings. The molecule has 0 aromatic heterocycles. The van der Waals surface area contributed by atoms with Gasteiger partial charge in [0.25, 0.3) is 0 Å². The van der Waals surface area contributed by atoms with Gasteiger partial charge in [0.1, 0.15) is 12.1 Å². The van der Waals surface area contributed by atoms with Crippen LogP contribution in [0.2, 0.25) is 0 Å². The maximum atomic E-state index is 12.5. The first-order valence-corrected chi connectivity index (χ1v) is 9.72. The van der Waals surface area contributed by atoms with E-state index in [-0.39, 0.29) is 30.7 Å². The summed E-state index contributed by atoms with van der Waals surface area (Å²) in [5.74, 6) is -3.36. The van der Waals surface area contributed by atoms with Crippen molar-refractivity contribution in [1.82, 2.24) is 21.3 Å². The number of nitrogens with two attached hydrogens (primary N) is 1. The van der Waals surface area contributed by atoms with Crippen LogP contribution in [0, 0.1) is 5.92 Å². The Labute approximate surface area is 169 Å². The fourth-order valence-electron chi connectivity index (χ4n) is 2.96. The van der Waals surface area contributed by atoms with E-state index in [1.165, 1.54) is 0 Å². The molecule has 0 saturated carbocycles. The van der Waals surface area contributed by atoms with Crippen molar-refractivity contribution >= 4 is 29.6 Å². The van der Waals surface area contributed by atoms with Gasteiger partial charge in [-0.25, -0.2) is 4.79 Å². The van der Waals surface area contributed by atoms with E-state index >= 15 is 0 Å². The van der Waals surface area contributed by atoms with Gasteiger partial charge in [-0.1, -0.05) is 13.8 Å². The molecule has 11 heteroatoms. The van der Waals surface area contributed by atoms with Crippen molar-refractivity contribution in [3.63, 3.8) is 0 Å². The van der Waals surface area contributed by atoms with Crippen LogP contribution >= 0.6 is 0 Å². The molecular formula is C18H31N5O6. The Bertz CT molecular complexity index is 618. The number of carboxylic acids is 1. The maximum absolute atomic E-state index is 12.5. The minimum absolute atomic E-state index is 0.126. The smallest absolute Gasteiger partial charge is 0.326 e. The SMILES string of the molecule is CC(C)CC(NC(=O)C1CCCN1)C(=O)NCC(=O)NC(CCC(N)=O)C(=O)O. The molecule has 3 unspecified atom stereocenters. The number of aliphatic carboxylic acids is 1. The van der Waals surface area contributed by atoms with Gasteiger partial charge in [0.15, 0.2) is 0 Å². The predicted octanol–water partition coefficient (Wildman–Crippen LogP) is -1.78. The van der Waals surface area contributed by atoms with Crippen LogP contribution in [-0.2, 0) is 24.0 Å². The number of amides is 4. The monoisotopic (exact) mass is 413 g/mol. The van der Waals surface area contributed by atoms with Crippen LogP contribution in [0.15, 0.2) is 0 Å². The number of nitrogens with one attached hydrogen (secondary N) is 4. The average Bonchev–Trinajstić information content (AvgIpc) is 3.16. The van der Waals surface area contributed by atoms with Gasteiger partial charge in [0.05, 0.1) is 12.6 Å². The zero-order chi connectivity index (χ0) is 22.0. The summed E-state index contributed by atoms with van der Waals surface area (Å²) in [5, 5.41) is 19.5. The normalized spacial score (nSPS) is 18.0. The molecule has 1 rings (SSSR count). The van der Waals surface area contributed by atoms with Gasteiger partial charge >= 0.3 is 5.97 Å². The summed E-state index contributed by atoms with van der Waals surface area (Å²) < 4.78 is 0. The molecule has 3 atom stereocenters. The average molecular weight is 413 g/mol. The van der Waals surface area contributed by atoms with Crippen molar-refractivity contribution < 1.29 is 29.1 Å². The summed E-state index contributed by atoms with van der Waals surface area (Å²) >= 11 is 0. The van der Waals surface area contributed by atoms with Crippen molar-refractivity contribution in [2.24, 2.45) is 11.7 Å². The summed E-state index contributed by atoms with van der Waals surface area (Å²) in [7, 11) is 0. The van der Waals surface area contributed by atoms with Crippen LogP contribution in [0.3, 0.4) is 0 Å². The maximum Gasteiger partial charge on any atom is 0.326 e. The van der Waals surface area contributed by atoms with Gasteiger partial charge in [-0.3, -0.25) is 19.2 Å². The highest BCUT2D eigenvalue weighted by Gasteiger charge is 2.28. The zero-order valence-corrected chi connectivity index (χ0v) is 16.8. The molecule has 0 spiro atoms. The number of primary amides is 1. The third kappa shape index (κ3) is 9.37. The van der Waals surface area contributed by atoms with E-state index in [1.807, 2.05) is 13.8 Å². The van der Waals surface area contributed by atoms with Gasteiger partial charge in [-0.2, -0.15) is 0 Å². The molecular weight excluding hydrogens is 382 g/mol. The molecule has 29 heavy (non-hydrogen) atoms. The van der Waals surface area contributed by atoms with Crippen LogP contribution in [-0.4, -0.2) is 65.9 Å². The van der Waals surface area contributed by atoms with Crippen molar-refractivity contribution in [3.05, 3.63) is 0 Å². The Morgan fingerprint density at radius 3 is 2.34 bits per heavy atom. The van der Waals surface area contributed by atoms with Gasteiger partial charge in [0, 0.05) is 6.42 Å². The number of hydrogen-bond acceptors (Lipinski definition) is 6. The standard InChI is InChI=1S/C18H31N5O6/c1-10(2)8-13(23-17(27)11-4-3-7-20-11)16(26)21-9-15(25)22-12(18(28)29)5-6-14(19)24/h10-13,20H,3-9H2,1-2H3,(H2,19,24)(H,21,26)(H,22,25)(H,23,27)(H,28,29). The van der Waals surface area contributed by atoms with E-state index in [2.05, 4.69) is 21.3 Å². The number of rotatable bonds is 12. The Morgan fingerprint density at radius 2 is 1.83 bits per heavy atom. The third-order valence-corrected chi connectivity index (χ3v) is 4.45. The minimum atomic E-state index is -1.31. The van der Waals surface area contributed by atoms with Gasteiger partial charge in [-0.05, 0) is 38.1 Å². The Morgan fingerprint density at radius 1 is 1.14 bits per heavy atom. The molecule has 11 nitrogen and oxygen atoms in total. The summed E-state index contributed by atoms with van der Waals surface area (Å²) in [6.07, 6.45) is 1.64. The molecule has 164 valence electrons. The summed E-state index contributed by atoms with van der Waals surface area (Å²) in [4.78, 5) is 58.7. The second-order valence-corrected chi connectivity index (χ2v) is 7.52. The second-order valence-electron chi connectivity index (χ2n) is 7.52. The highest BCUT2D eigenvalue weighted by Crippen LogP contribution is 2.09. The van der Waals surface area contributed by atoms with Crippen LogP contribution in [0.4, 0.5) is 0 Å². The van der Waals surface area contributed by atoms with E-state index in [9.17, 15) is 24.0 Å². The molecule has 0 bridgehead atoms. The molecule has 0 radical (unpaired) electrons. The first kappa shape index (κ1) is 24.3. The second kappa shape index (κ2) is 12.0. The van der Waals surface area contributed by atoms with Crippen LogP contribution in [0.1, 0.15) is 46.0 Å². The number of carbonyl (C=O) groups is 5. The highest BCUT2D eigenvalue weighted by atomic mass is 16.4. The van der Waals surface area contributed by atoms with E-state index in [1.54, 1.807) is 0 Å². The lowest BCUT2D eigenvalue weighted by Crippen LogP contribution is -2.53. The van der Waals surface area contributed by atoms with Crippen LogP contribution in [0.25, 0.3) is 0 Å². The largest absolute Gasteiger partial charge is 0.480 e. The first-order chi connectivity index (χ1) is 13.6. The van der Waals surface area contributed by atoms with E-state index in [0.717, 1.165) is 13.0 Å². The molecule has 0 aromatic carbocycles. The van der Waals surface area contributed by atoms with Gasteiger partial charge in [0.2, 0.25) is 23.6 Å². The van der Waals surface area contributed by atoms with Crippen molar-refractivity contribution in [2.75, 3.05) is 13.1 Å². The Balaban J connectivity index is 2.56. The lowest BCUT2D eigenvalue weighted by atomic mass is 10.0. The molecule has 0 aromatic rings. The molecule has 1 saturated heterocycles. The number of carbonyl (C=O) groups excluding carboxylic acids is 4. The van der Waals surface area contributed by atoms with Crippen LogP contribution < -0.4 is 27.0 Å². The quantitative estimate of drug-likeness (QED) is 0.219. The Hall–Kier alpha value is -2.69. The first-order valence-electron chi connectivity index (χ1n) is 9.72. The summed E-state index contributed by atoms with van der Waals surface area (Å²) in [6, 6.07) is -2.42. The third-order valence-electron chi connectivity index (χ3n) is 4.45. The lowest BCUT2D eigenvalue weighted by Gasteiger charge is -2.22. The predicted molar refractivity (Wildman–Crippen MR) is 103 cm³/mol. The summed E-state index contributed by atoms with van der Waals surface area (Å²) in [5.41, 5.74) is 4.99. The fourth-order valence-corrected chi connectivity index (χ4v) is 2.96. The zero-order valence-electron chi connectivity index (χ0n) is 16.8. The van der Waals surface area contributed by atoms with E-state index in [0.29, 0.717) is 12.8 Å². The Kier molecular flexibility index (Phi) is 10.1. The summed E-state index contributed by atoms with van der Waals surface area (Å²) in [6.45, 7) is 4.11. The van der Waals surface area contributed by atoms with Crippen molar-refractivity contribution in [1.29, 1.82) is 0 Å². The van der Waals surface area contributed by atoms with Gasteiger partial charge in [-0.15, -0.1) is 0 Å². The molecule has 4 amide bonds. The molecule has 0 aliphatic carbocycles. The topological polar surface area (TPSA) is 180 Å². The molecule has 1 heterocycles. The molecule has 1 aliphatic heterocycles. The van der Waals surface area contributed by atoms with Gasteiger partial charge < -0.3 is 32.1 Å². The highest BCUT2D eigenvalue weighted by molar-refractivity contribution is 5.92.